The Bertz CT molecular complexity index is 584. The van der Waals surface area contributed by atoms with Gasteiger partial charge in [-0.25, -0.2) is 0 Å². The van der Waals surface area contributed by atoms with Gasteiger partial charge < -0.3 is 16.4 Å². The van der Waals surface area contributed by atoms with Crippen LogP contribution < -0.4 is 16.4 Å². The van der Waals surface area contributed by atoms with Gasteiger partial charge >= 0.3 is 0 Å². The van der Waals surface area contributed by atoms with Crippen LogP contribution in [0.4, 0.5) is 0 Å². The van der Waals surface area contributed by atoms with E-state index in [0.717, 1.165) is 16.1 Å². The maximum atomic E-state index is 6.14. The minimum absolute atomic E-state index is 0.0727. The molecule has 4 N–H and O–H groups in total. The highest BCUT2D eigenvalue weighted by molar-refractivity contribution is 6.31. The van der Waals surface area contributed by atoms with Gasteiger partial charge in [-0.15, -0.1) is 6.42 Å². The normalized spacial score (nSPS) is 17.8. The summed E-state index contributed by atoms with van der Waals surface area (Å²) in [4.78, 5) is 4.15. The predicted molar refractivity (Wildman–Crippen MR) is 78.6 cm³/mol. The molecule has 1 aromatic carbocycles. The van der Waals surface area contributed by atoms with Crippen molar-refractivity contribution in [2.24, 2.45) is 10.7 Å². The highest BCUT2D eigenvalue weighted by Gasteiger charge is 2.18. The van der Waals surface area contributed by atoms with Crippen LogP contribution in [0.3, 0.4) is 0 Å². The Morgan fingerprint density at radius 3 is 3.11 bits per heavy atom. The highest BCUT2D eigenvalue weighted by atomic mass is 35.5. The number of terminal acetylenes is 1. The molecule has 0 fully saturated rings. The largest absolute Gasteiger partial charge is 0.370 e. The summed E-state index contributed by atoms with van der Waals surface area (Å²) in [6, 6.07) is 5.71. The van der Waals surface area contributed by atoms with Crippen molar-refractivity contribution in [3.8, 4) is 12.3 Å². The van der Waals surface area contributed by atoms with Crippen LogP contribution in [0, 0.1) is 19.3 Å². The van der Waals surface area contributed by atoms with E-state index in [4.69, 9.17) is 23.8 Å². The third-order valence-electron chi connectivity index (χ3n) is 2.89. The third-order valence-corrected chi connectivity index (χ3v) is 3.29. The van der Waals surface area contributed by atoms with E-state index < -0.39 is 0 Å². The lowest BCUT2D eigenvalue weighted by molar-refractivity contribution is 0.725. The number of benzene rings is 1. The van der Waals surface area contributed by atoms with Gasteiger partial charge in [0.1, 0.15) is 5.82 Å². The number of hydrogen-bond donors (Lipinski definition) is 3. The molecule has 0 spiro atoms. The minimum Gasteiger partial charge on any atom is -0.370 e. The number of guanidine groups is 1. The summed E-state index contributed by atoms with van der Waals surface area (Å²) in [5.41, 5.74) is 7.86. The summed E-state index contributed by atoms with van der Waals surface area (Å²) < 4.78 is 0. The Balaban J connectivity index is 2.30. The lowest BCUT2D eigenvalue weighted by Crippen LogP contribution is -2.38. The number of nitrogens with one attached hydrogen (secondary N) is 2. The van der Waals surface area contributed by atoms with Crippen molar-refractivity contribution >= 4 is 17.6 Å². The van der Waals surface area contributed by atoms with Gasteiger partial charge in [0.15, 0.2) is 5.96 Å². The first-order valence-corrected chi connectivity index (χ1v) is 6.24. The summed E-state index contributed by atoms with van der Waals surface area (Å²) in [6.45, 7) is 2.38. The van der Waals surface area contributed by atoms with Crippen LogP contribution in [0.5, 0.6) is 0 Å². The molecule has 0 saturated heterocycles. The number of nitrogens with zero attached hydrogens (tertiary/aromatic N) is 1. The van der Waals surface area contributed by atoms with Crippen molar-refractivity contribution < 1.29 is 0 Å². The van der Waals surface area contributed by atoms with E-state index in [-0.39, 0.29) is 6.04 Å². The topological polar surface area (TPSA) is 62.4 Å². The maximum Gasteiger partial charge on any atom is 0.195 e. The molecule has 98 valence electrons. The summed E-state index contributed by atoms with van der Waals surface area (Å²) in [6.07, 6.45) is 7.15. The van der Waals surface area contributed by atoms with Crippen LogP contribution in [0.2, 0.25) is 5.02 Å². The first-order valence-electron chi connectivity index (χ1n) is 5.86. The van der Waals surface area contributed by atoms with Crippen molar-refractivity contribution in [1.29, 1.82) is 0 Å². The Morgan fingerprint density at radius 1 is 1.58 bits per heavy atom. The second-order valence-corrected chi connectivity index (χ2v) is 4.59. The molecule has 0 aliphatic carbocycles. The average molecular weight is 275 g/mol. The molecule has 2 rings (SSSR count). The summed E-state index contributed by atoms with van der Waals surface area (Å²) in [7, 11) is 0. The van der Waals surface area contributed by atoms with Gasteiger partial charge in [-0.3, -0.25) is 0 Å². The molecule has 0 radical (unpaired) electrons. The Kier molecular flexibility index (Phi) is 3.98. The molecule has 1 aliphatic heterocycles. The van der Waals surface area contributed by atoms with Crippen LogP contribution >= 0.6 is 11.6 Å². The van der Waals surface area contributed by atoms with E-state index in [2.05, 4.69) is 21.5 Å². The van der Waals surface area contributed by atoms with Crippen LogP contribution in [0.1, 0.15) is 17.2 Å². The van der Waals surface area contributed by atoms with Gasteiger partial charge in [0, 0.05) is 5.02 Å². The van der Waals surface area contributed by atoms with Gasteiger partial charge in [-0.05, 0) is 30.2 Å². The second-order valence-electron chi connectivity index (χ2n) is 4.18. The average Bonchev–Trinajstić information content (AvgIpc) is 2.39. The molecule has 0 saturated carbocycles. The van der Waals surface area contributed by atoms with E-state index in [1.807, 2.05) is 31.2 Å². The molecule has 4 nitrogen and oxygen atoms in total. The fourth-order valence-corrected chi connectivity index (χ4v) is 2.11. The van der Waals surface area contributed by atoms with Crippen molar-refractivity contribution in [3.63, 3.8) is 0 Å². The number of aliphatic imine (C=N–C) groups is 1. The molecular weight excluding hydrogens is 260 g/mol. The highest BCUT2D eigenvalue weighted by Crippen LogP contribution is 2.26. The van der Waals surface area contributed by atoms with Crippen molar-refractivity contribution in [3.05, 3.63) is 46.2 Å². The molecule has 1 heterocycles. The van der Waals surface area contributed by atoms with Crippen LogP contribution in [0.15, 0.2) is 35.1 Å². The first kappa shape index (κ1) is 13.3. The summed E-state index contributed by atoms with van der Waals surface area (Å²) in [5, 5.41) is 6.86. The van der Waals surface area contributed by atoms with E-state index in [9.17, 15) is 0 Å². The second kappa shape index (κ2) is 5.68. The smallest absolute Gasteiger partial charge is 0.195 e. The maximum absolute atomic E-state index is 6.14. The van der Waals surface area contributed by atoms with Gasteiger partial charge in [0.2, 0.25) is 0 Å². The SMILES string of the molecule is C#CCNC1=CC(c2cccc(Cl)c2C)NC(N)=N1. The fraction of sp³-hybridized carbons (Fsp3) is 0.214. The predicted octanol–water partition coefficient (Wildman–Crippen LogP) is 1.67. The molecule has 1 atom stereocenters. The van der Waals surface area contributed by atoms with E-state index in [0.29, 0.717) is 18.3 Å². The van der Waals surface area contributed by atoms with Gasteiger partial charge in [-0.1, -0.05) is 29.7 Å². The number of hydrogen-bond acceptors (Lipinski definition) is 4. The van der Waals surface area contributed by atoms with E-state index in [1.54, 1.807) is 0 Å². The monoisotopic (exact) mass is 274 g/mol. The quantitative estimate of drug-likeness (QED) is 0.735. The van der Waals surface area contributed by atoms with Gasteiger partial charge in [0.25, 0.3) is 0 Å². The van der Waals surface area contributed by atoms with Crippen LogP contribution in [0.25, 0.3) is 0 Å². The standard InChI is InChI=1S/C14H15ClN4/c1-3-7-17-13-8-12(18-14(16)19-13)10-5-4-6-11(15)9(10)2/h1,4-6,8,12,17H,7H2,2H3,(H3,16,18,19). The zero-order valence-electron chi connectivity index (χ0n) is 10.6. The molecule has 1 aliphatic rings. The molecule has 0 amide bonds. The Hall–Kier alpha value is -2.12. The third kappa shape index (κ3) is 3.01. The van der Waals surface area contributed by atoms with E-state index in [1.165, 1.54) is 0 Å². The van der Waals surface area contributed by atoms with Crippen molar-refractivity contribution in [1.82, 2.24) is 10.6 Å². The summed E-state index contributed by atoms with van der Waals surface area (Å²) in [5.74, 6) is 3.52. The molecule has 5 heteroatoms. The molecule has 0 bridgehead atoms. The van der Waals surface area contributed by atoms with Gasteiger partial charge in [-0.2, -0.15) is 4.99 Å². The number of halogens is 1. The lowest BCUT2D eigenvalue weighted by Gasteiger charge is -2.23. The van der Waals surface area contributed by atoms with Gasteiger partial charge in [0.05, 0.1) is 12.6 Å². The molecule has 0 aromatic heterocycles. The van der Waals surface area contributed by atoms with Crippen molar-refractivity contribution in [2.45, 2.75) is 13.0 Å². The zero-order valence-corrected chi connectivity index (χ0v) is 11.3. The lowest BCUT2D eigenvalue weighted by atomic mass is 10.0. The van der Waals surface area contributed by atoms with E-state index >= 15 is 0 Å². The first-order chi connectivity index (χ1) is 9.11. The number of rotatable bonds is 3. The molecule has 19 heavy (non-hydrogen) atoms. The van der Waals surface area contributed by atoms with Crippen molar-refractivity contribution in [2.75, 3.05) is 6.54 Å². The molecule has 1 aromatic rings. The molecule has 1 unspecified atom stereocenters. The summed E-state index contributed by atoms with van der Waals surface area (Å²) >= 11 is 6.14. The Labute approximate surface area is 117 Å². The van der Waals surface area contributed by atoms with Crippen LogP contribution in [-0.4, -0.2) is 12.5 Å². The van der Waals surface area contributed by atoms with Crippen LogP contribution in [-0.2, 0) is 0 Å². The Morgan fingerprint density at radius 2 is 2.37 bits per heavy atom. The number of nitrogens with two attached hydrogens (primary N) is 1. The minimum atomic E-state index is -0.0727. The fourth-order valence-electron chi connectivity index (χ4n) is 1.93. The molecular formula is C14H15ClN4. The zero-order chi connectivity index (χ0) is 13.8.